The molecule has 0 aliphatic carbocycles. The standard InChI is InChI=1S/C14H18N2O4/c1-10(17)16-12-4-2-11(3-5-12)13(18)15-8-14(19)6-7-20-9-14/h2-5,19H,6-9H2,1H3,(H,15,18)(H,16,17). The first-order valence-electron chi connectivity index (χ1n) is 6.44. The topological polar surface area (TPSA) is 87.7 Å². The first kappa shape index (κ1) is 14.5. The molecule has 1 fully saturated rings. The molecule has 1 unspecified atom stereocenters. The van der Waals surface area contributed by atoms with Crippen molar-refractivity contribution in [2.45, 2.75) is 18.9 Å². The van der Waals surface area contributed by atoms with Gasteiger partial charge in [0.15, 0.2) is 0 Å². The van der Waals surface area contributed by atoms with Crippen molar-refractivity contribution in [2.75, 3.05) is 25.1 Å². The van der Waals surface area contributed by atoms with Crippen molar-refractivity contribution >= 4 is 17.5 Å². The minimum absolute atomic E-state index is 0.161. The summed E-state index contributed by atoms with van der Waals surface area (Å²) in [6, 6.07) is 6.55. The lowest BCUT2D eigenvalue weighted by atomic mass is 10.0. The second kappa shape index (κ2) is 6.02. The van der Waals surface area contributed by atoms with Crippen LogP contribution in [0.25, 0.3) is 0 Å². The smallest absolute Gasteiger partial charge is 0.251 e. The van der Waals surface area contributed by atoms with Gasteiger partial charge in [-0.05, 0) is 24.3 Å². The molecular weight excluding hydrogens is 260 g/mol. The minimum Gasteiger partial charge on any atom is -0.386 e. The molecule has 6 nitrogen and oxygen atoms in total. The number of ether oxygens (including phenoxy) is 1. The van der Waals surface area contributed by atoms with Gasteiger partial charge in [-0.3, -0.25) is 9.59 Å². The summed E-state index contributed by atoms with van der Waals surface area (Å²) in [4.78, 5) is 22.8. The van der Waals surface area contributed by atoms with Crippen molar-refractivity contribution < 1.29 is 19.4 Å². The number of aliphatic hydroxyl groups is 1. The Labute approximate surface area is 117 Å². The van der Waals surface area contributed by atoms with E-state index in [1.54, 1.807) is 24.3 Å². The lowest BCUT2D eigenvalue weighted by Crippen LogP contribution is -2.43. The van der Waals surface area contributed by atoms with Crippen LogP contribution in [0.2, 0.25) is 0 Å². The van der Waals surface area contributed by atoms with Crippen LogP contribution in [0.3, 0.4) is 0 Å². The number of hydrogen-bond donors (Lipinski definition) is 3. The molecule has 108 valence electrons. The summed E-state index contributed by atoms with van der Waals surface area (Å²) in [7, 11) is 0. The summed E-state index contributed by atoms with van der Waals surface area (Å²) in [6.07, 6.45) is 0.523. The predicted octanol–water partition coefficient (Wildman–Crippen LogP) is 0.526. The average Bonchev–Trinajstić information content (AvgIpc) is 2.84. The van der Waals surface area contributed by atoms with E-state index >= 15 is 0 Å². The van der Waals surface area contributed by atoms with Crippen LogP contribution in [-0.4, -0.2) is 42.3 Å². The third-order valence-electron chi connectivity index (χ3n) is 3.13. The van der Waals surface area contributed by atoms with Crippen LogP contribution in [0, 0.1) is 0 Å². The predicted molar refractivity (Wildman–Crippen MR) is 73.5 cm³/mol. The average molecular weight is 278 g/mol. The minimum atomic E-state index is -0.966. The van der Waals surface area contributed by atoms with Gasteiger partial charge in [0.1, 0.15) is 5.60 Å². The largest absolute Gasteiger partial charge is 0.386 e. The number of amides is 2. The fraction of sp³-hybridized carbons (Fsp3) is 0.429. The van der Waals surface area contributed by atoms with Gasteiger partial charge in [-0.1, -0.05) is 0 Å². The molecule has 1 atom stereocenters. The van der Waals surface area contributed by atoms with Crippen LogP contribution in [0.5, 0.6) is 0 Å². The Hall–Kier alpha value is -1.92. The van der Waals surface area contributed by atoms with E-state index in [4.69, 9.17) is 4.74 Å². The van der Waals surface area contributed by atoms with Crippen LogP contribution in [-0.2, 0) is 9.53 Å². The van der Waals surface area contributed by atoms with Gasteiger partial charge in [-0.2, -0.15) is 0 Å². The molecule has 1 aromatic rings. The SMILES string of the molecule is CC(=O)Nc1ccc(C(=O)NCC2(O)CCOC2)cc1. The Morgan fingerprint density at radius 2 is 2.05 bits per heavy atom. The zero-order chi connectivity index (χ0) is 14.6. The number of anilines is 1. The number of hydrogen-bond acceptors (Lipinski definition) is 4. The normalized spacial score (nSPS) is 21.5. The van der Waals surface area contributed by atoms with Crippen molar-refractivity contribution in [3.8, 4) is 0 Å². The fourth-order valence-corrected chi connectivity index (χ4v) is 1.99. The van der Waals surface area contributed by atoms with E-state index in [0.29, 0.717) is 24.3 Å². The summed E-state index contributed by atoms with van der Waals surface area (Å²) >= 11 is 0. The Balaban J connectivity index is 1.90. The maximum Gasteiger partial charge on any atom is 0.251 e. The summed E-state index contributed by atoms with van der Waals surface area (Å²) in [5, 5.41) is 15.4. The first-order valence-corrected chi connectivity index (χ1v) is 6.44. The highest BCUT2D eigenvalue weighted by molar-refractivity contribution is 5.95. The molecule has 20 heavy (non-hydrogen) atoms. The van der Waals surface area contributed by atoms with Crippen molar-refractivity contribution in [3.05, 3.63) is 29.8 Å². The number of carbonyl (C=O) groups is 2. The zero-order valence-corrected chi connectivity index (χ0v) is 11.3. The van der Waals surface area contributed by atoms with E-state index in [2.05, 4.69) is 10.6 Å². The van der Waals surface area contributed by atoms with Crippen molar-refractivity contribution in [2.24, 2.45) is 0 Å². The first-order chi connectivity index (χ1) is 9.48. The van der Waals surface area contributed by atoms with E-state index in [1.807, 2.05) is 0 Å². The van der Waals surface area contributed by atoms with Crippen molar-refractivity contribution in [1.82, 2.24) is 5.32 Å². The molecule has 1 aliphatic heterocycles. The van der Waals surface area contributed by atoms with Gasteiger partial charge in [0.25, 0.3) is 5.91 Å². The summed E-state index contributed by atoms with van der Waals surface area (Å²) in [5.41, 5.74) is 0.143. The molecule has 1 heterocycles. The Bertz CT molecular complexity index is 492. The number of nitrogens with one attached hydrogen (secondary N) is 2. The zero-order valence-electron chi connectivity index (χ0n) is 11.3. The molecule has 0 saturated carbocycles. The fourth-order valence-electron chi connectivity index (χ4n) is 1.99. The monoisotopic (exact) mass is 278 g/mol. The summed E-state index contributed by atoms with van der Waals surface area (Å²) < 4.78 is 5.11. The second-order valence-corrected chi connectivity index (χ2v) is 4.97. The lowest BCUT2D eigenvalue weighted by molar-refractivity contribution is -0.114. The Morgan fingerprint density at radius 3 is 2.60 bits per heavy atom. The van der Waals surface area contributed by atoms with Crippen molar-refractivity contribution in [1.29, 1.82) is 0 Å². The van der Waals surface area contributed by atoms with E-state index in [0.717, 1.165) is 0 Å². The molecule has 2 rings (SSSR count). The highest BCUT2D eigenvalue weighted by Crippen LogP contribution is 2.17. The number of rotatable bonds is 4. The third-order valence-corrected chi connectivity index (χ3v) is 3.13. The van der Waals surface area contributed by atoms with E-state index in [1.165, 1.54) is 6.92 Å². The molecule has 1 aliphatic rings. The molecular formula is C14H18N2O4. The molecule has 0 bridgehead atoms. The Kier molecular flexibility index (Phi) is 4.36. The van der Waals surface area contributed by atoms with Gasteiger partial charge in [0, 0.05) is 37.7 Å². The van der Waals surface area contributed by atoms with Crippen molar-refractivity contribution in [3.63, 3.8) is 0 Å². The van der Waals surface area contributed by atoms with E-state index in [-0.39, 0.29) is 25.0 Å². The van der Waals surface area contributed by atoms with Crippen LogP contribution >= 0.6 is 0 Å². The maximum atomic E-state index is 11.9. The molecule has 0 radical (unpaired) electrons. The molecule has 1 saturated heterocycles. The van der Waals surface area contributed by atoms with Gasteiger partial charge in [-0.15, -0.1) is 0 Å². The van der Waals surface area contributed by atoms with Gasteiger partial charge >= 0.3 is 0 Å². The Morgan fingerprint density at radius 1 is 1.35 bits per heavy atom. The number of benzene rings is 1. The van der Waals surface area contributed by atoms with Crippen LogP contribution in [0.1, 0.15) is 23.7 Å². The molecule has 0 spiro atoms. The molecule has 3 N–H and O–H groups in total. The van der Waals surface area contributed by atoms with Gasteiger partial charge in [0.05, 0.1) is 6.61 Å². The van der Waals surface area contributed by atoms with Gasteiger partial charge in [0.2, 0.25) is 5.91 Å². The maximum absolute atomic E-state index is 11.9. The molecule has 6 heteroatoms. The highest BCUT2D eigenvalue weighted by Gasteiger charge is 2.32. The van der Waals surface area contributed by atoms with E-state index < -0.39 is 5.60 Å². The van der Waals surface area contributed by atoms with Crippen LogP contribution in [0.4, 0.5) is 5.69 Å². The lowest BCUT2D eigenvalue weighted by Gasteiger charge is -2.20. The quantitative estimate of drug-likeness (QED) is 0.749. The summed E-state index contributed by atoms with van der Waals surface area (Å²) in [6.45, 7) is 2.34. The van der Waals surface area contributed by atoms with Gasteiger partial charge in [-0.25, -0.2) is 0 Å². The van der Waals surface area contributed by atoms with E-state index in [9.17, 15) is 14.7 Å². The molecule has 1 aromatic carbocycles. The summed E-state index contributed by atoms with van der Waals surface area (Å²) in [5.74, 6) is -0.426. The highest BCUT2D eigenvalue weighted by atomic mass is 16.5. The molecule has 2 amide bonds. The second-order valence-electron chi connectivity index (χ2n) is 4.97. The van der Waals surface area contributed by atoms with Gasteiger partial charge < -0.3 is 20.5 Å². The van der Waals surface area contributed by atoms with Crippen LogP contribution in [0.15, 0.2) is 24.3 Å². The molecule has 0 aromatic heterocycles. The third kappa shape index (κ3) is 3.79. The number of carbonyl (C=O) groups excluding carboxylic acids is 2. The van der Waals surface area contributed by atoms with Crippen LogP contribution < -0.4 is 10.6 Å².